The number of hydrogen-bond acceptors (Lipinski definition) is 6. The molecular weight excluding hydrogens is 292 g/mol. The summed E-state index contributed by atoms with van der Waals surface area (Å²) in [6.45, 7) is 1.84. The SMILES string of the molecule is COC(C)c1nc(-c2ccc(C#Cc3ccccn3)nc2)no1. The van der Waals surface area contributed by atoms with E-state index < -0.39 is 0 Å². The fourth-order valence-electron chi connectivity index (χ4n) is 1.78. The van der Waals surface area contributed by atoms with Crippen molar-refractivity contribution in [1.82, 2.24) is 20.1 Å². The molecular formula is C17H14N4O2. The fourth-order valence-corrected chi connectivity index (χ4v) is 1.78. The van der Waals surface area contributed by atoms with Crippen LogP contribution in [0, 0.1) is 11.8 Å². The van der Waals surface area contributed by atoms with Gasteiger partial charge in [-0.3, -0.25) is 0 Å². The molecule has 0 fully saturated rings. The average molecular weight is 306 g/mol. The number of nitrogens with zero attached hydrogens (tertiary/aromatic N) is 4. The summed E-state index contributed by atoms with van der Waals surface area (Å²) in [7, 11) is 1.59. The Hall–Kier alpha value is -3.04. The van der Waals surface area contributed by atoms with Crippen molar-refractivity contribution in [2.24, 2.45) is 0 Å². The highest BCUT2D eigenvalue weighted by Crippen LogP contribution is 2.19. The number of aromatic nitrogens is 4. The van der Waals surface area contributed by atoms with Crippen LogP contribution in [-0.2, 0) is 4.74 Å². The van der Waals surface area contributed by atoms with Crippen LogP contribution in [0.25, 0.3) is 11.4 Å². The van der Waals surface area contributed by atoms with E-state index in [4.69, 9.17) is 9.26 Å². The highest BCUT2D eigenvalue weighted by atomic mass is 16.5. The van der Waals surface area contributed by atoms with Crippen LogP contribution in [0.3, 0.4) is 0 Å². The Bertz CT molecular complexity index is 832. The summed E-state index contributed by atoms with van der Waals surface area (Å²) < 4.78 is 10.3. The maximum Gasteiger partial charge on any atom is 0.255 e. The Morgan fingerprint density at radius 2 is 1.91 bits per heavy atom. The molecule has 0 saturated heterocycles. The van der Waals surface area contributed by atoms with Gasteiger partial charge in [0.1, 0.15) is 17.5 Å². The van der Waals surface area contributed by atoms with E-state index in [1.165, 1.54) is 0 Å². The number of ether oxygens (including phenoxy) is 1. The van der Waals surface area contributed by atoms with Crippen LogP contribution in [-0.4, -0.2) is 27.2 Å². The lowest BCUT2D eigenvalue weighted by Gasteiger charge is -2.00. The molecule has 0 amide bonds. The second-order valence-corrected chi connectivity index (χ2v) is 4.73. The number of pyridine rings is 2. The van der Waals surface area contributed by atoms with Crippen molar-refractivity contribution in [3.8, 4) is 23.2 Å². The van der Waals surface area contributed by atoms with E-state index in [1.807, 2.05) is 31.2 Å². The number of rotatable bonds is 3. The molecule has 0 aromatic carbocycles. The van der Waals surface area contributed by atoms with Crippen LogP contribution in [0.5, 0.6) is 0 Å². The van der Waals surface area contributed by atoms with Gasteiger partial charge < -0.3 is 9.26 Å². The lowest BCUT2D eigenvalue weighted by atomic mass is 10.2. The van der Waals surface area contributed by atoms with E-state index >= 15 is 0 Å². The molecule has 1 unspecified atom stereocenters. The van der Waals surface area contributed by atoms with Gasteiger partial charge in [0.15, 0.2) is 0 Å². The van der Waals surface area contributed by atoms with Gasteiger partial charge in [0.25, 0.3) is 5.89 Å². The second-order valence-electron chi connectivity index (χ2n) is 4.73. The number of hydrogen-bond donors (Lipinski definition) is 0. The molecule has 114 valence electrons. The number of methoxy groups -OCH3 is 1. The molecule has 3 rings (SSSR count). The van der Waals surface area contributed by atoms with E-state index in [2.05, 4.69) is 31.9 Å². The summed E-state index contributed by atoms with van der Waals surface area (Å²) in [5.74, 6) is 6.83. The van der Waals surface area contributed by atoms with Gasteiger partial charge in [-0.05, 0) is 43.0 Å². The van der Waals surface area contributed by atoms with Crippen molar-refractivity contribution >= 4 is 0 Å². The first-order chi connectivity index (χ1) is 11.3. The quantitative estimate of drug-likeness (QED) is 0.693. The molecule has 0 bridgehead atoms. The molecule has 3 heterocycles. The lowest BCUT2D eigenvalue weighted by Crippen LogP contribution is -1.95. The Kier molecular flexibility index (Phi) is 4.41. The van der Waals surface area contributed by atoms with E-state index in [0.717, 1.165) is 5.56 Å². The lowest BCUT2D eigenvalue weighted by molar-refractivity contribution is 0.0886. The zero-order chi connectivity index (χ0) is 16.1. The minimum atomic E-state index is -0.243. The summed E-state index contributed by atoms with van der Waals surface area (Å²) >= 11 is 0. The molecule has 0 aliphatic carbocycles. The molecule has 0 spiro atoms. The van der Waals surface area contributed by atoms with E-state index in [9.17, 15) is 0 Å². The van der Waals surface area contributed by atoms with Crippen LogP contribution in [0.4, 0.5) is 0 Å². The summed E-state index contributed by atoms with van der Waals surface area (Å²) in [4.78, 5) is 12.7. The van der Waals surface area contributed by atoms with E-state index in [1.54, 1.807) is 25.6 Å². The third-order valence-corrected chi connectivity index (χ3v) is 3.15. The normalized spacial score (nSPS) is 11.6. The van der Waals surface area contributed by atoms with Crippen molar-refractivity contribution in [3.05, 3.63) is 60.0 Å². The molecule has 6 heteroatoms. The Balaban J connectivity index is 1.77. The molecule has 0 N–H and O–H groups in total. The van der Waals surface area contributed by atoms with Gasteiger partial charge >= 0.3 is 0 Å². The maximum atomic E-state index is 5.16. The van der Waals surface area contributed by atoms with Crippen molar-refractivity contribution in [1.29, 1.82) is 0 Å². The average Bonchev–Trinajstić information content (AvgIpc) is 3.11. The van der Waals surface area contributed by atoms with Gasteiger partial charge in [-0.2, -0.15) is 4.98 Å². The Morgan fingerprint density at radius 3 is 2.57 bits per heavy atom. The highest BCUT2D eigenvalue weighted by molar-refractivity contribution is 5.53. The van der Waals surface area contributed by atoms with Gasteiger partial charge in [0, 0.05) is 25.1 Å². The summed E-state index contributed by atoms with van der Waals surface area (Å²) in [5, 5.41) is 3.93. The maximum absolute atomic E-state index is 5.16. The van der Waals surface area contributed by atoms with Crippen molar-refractivity contribution in [3.63, 3.8) is 0 Å². The third-order valence-electron chi connectivity index (χ3n) is 3.15. The van der Waals surface area contributed by atoms with Crippen LogP contribution in [0.1, 0.15) is 30.3 Å². The molecule has 1 atom stereocenters. The molecule has 23 heavy (non-hydrogen) atoms. The highest BCUT2D eigenvalue weighted by Gasteiger charge is 2.14. The fraction of sp³-hybridized carbons (Fsp3) is 0.176. The van der Waals surface area contributed by atoms with Gasteiger partial charge in [-0.15, -0.1) is 0 Å². The Morgan fingerprint density at radius 1 is 1.09 bits per heavy atom. The molecule has 0 radical (unpaired) electrons. The van der Waals surface area contributed by atoms with E-state index in [-0.39, 0.29) is 6.10 Å². The summed E-state index contributed by atoms with van der Waals surface area (Å²) in [6, 6.07) is 9.24. The van der Waals surface area contributed by atoms with Crippen molar-refractivity contribution in [2.75, 3.05) is 7.11 Å². The van der Waals surface area contributed by atoms with Crippen molar-refractivity contribution in [2.45, 2.75) is 13.0 Å². The monoisotopic (exact) mass is 306 g/mol. The predicted molar refractivity (Wildman–Crippen MR) is 83.2 cm³/mol. The van der Waals surface area contributed by atoms with Gasteiger partial charge in [-0.1, -0.05) is 11.2 Å². The minimum Gasteiger partial charge on any atom is -0.372 e. The van der Waals surface area contributed by atoms with Crippen LogP contribution >= 0.6 is 0 Å². The molecule has 0 aliphatic rings. The minimum absolute atomic E-state index is 0.243. The van der Waals surface area contributed by atoms with Gasteiger partial charge in [0.05, 0.1) is 0 Å². The third kappa shape index (κ3) is 3.59. The zero-order valence-corrected chi connectivity index (χ0v) is 12.7. The first kappa shape index (κ1) is 14.9. The van der Waals surface area contributed by atoms with Gasteiger partial charge in [-0.25, -0.2) is 9.97 Å². The Labute approximate surface area is 133 Å². The summed E-state index contributed by atoms with van der Waals surface area (Å²) in [5.41, 5.74) is 2.11. The summed E-state index contributed by atoms with van der Waals surface area (Å²) in [6.07, 6.45) is 3.12. The standard InChI is InChI=1S/C17H14N4O2/c1-12(22-2)17-20-16(21-23-17)13-6-7-15(19-11-13)9-8-14-5-3-4-10-18-14/h3-7,10-12H,1-2H3. The van der Waals surface area contributed by atoms with Crippen molar-refractivity contribution < 1.29 is 9.26 Å². The topological polar surface area (TPSA) is 73.9 Å². The molecule has 0 aliphatic heterocycles. The molecule has 3 aromatic rings. The van der Waals surface area contributed by atoms with Crippen LogP contribution in [0.2, 0.25) is 0 Å². The second kappa shape index (κ2) is 6.81. The van der Waals surface area contributed by atoms with E-state index in [0.29, 0.717) is 23.1 Å². The zero-order valence-electron chi connectivity index (χ0n) is 12.7. The molecule has 3 aromatic heterocycles. The first-order valence-corrected chi connectivity index (χ1v) is 7.02. The molecule has 0 saturated carbocycles. The van der Waals surface area contributed by atoms with Gasteiger partial charge in [0.2, 0.25) is 5.82 Å². The first-order valence-electron chi connectivity index (χ1n) is 7.02. The smallest absolute Gasteiger partial charge is 0.255 e. The largest absolute Gasteiger partial charge is 0.372 e. The van der Waals surface area contributed by atoms with Crippen LogP contribution < -0.4 is 0 Å². The van der Waals surface area contributed by atoms with Crippen LogP contribution in [0.15, 0.2) is 47.2 Å². The predicted octanol–water partition coefficient (Wildman–Crippen LogP) is 2.63. The molecule has 6 nitrogen and oxygen atoms in total.